The molecule has 1 rings (SSSR count). The molecule has 0 spiro atoms. The molecule has 0 aliphatic rings. The predicted octanol–water partition coefficient (Wildman–Crippen LogP) is 2.62. The maximum Gasteiger partial charge on any atom is 0.274 e. The highest BCUT2D eigenvalue weighted by Gasteiger charge is 2.31. The van der Waals surface area contributed by atoms with Crippen LogP contribution in [0.1, 0.15) is 22.8 Å². The molecule has 0 amide bonds. The van der Waals surface area contributed by atoms with Gasteiger partial charge in [0.25, 0.3) is 5.92 Å². The molecule has 1 aromatic rings. The van der Waals surface area contributed by atoms with E-state index in [0.29, 0.717) is 6.29 Å². The zero-order chi connectivity index (χ0) is 10.8. The van der Waals surface area contributed by atoms with Crippen molar-refractivity contribution in [1.29, 1.82) is 0 Å². The van der Waals surface area contributed by atoms with Crippen LogP contribution >= 0.6 is 0 Å². The molecule has 76 valence electrons. The Kier molecular flexibility index (Phi) is 2.84. The maximum atomic E-state index is 13.1. The number of ether oxygens (including phenoxy) is 1. The predicted molar refractivity (Wildman–Crippen MR) is 47.9 cm³/mol. The standard InChI is InChI=1S/C10H10F2O2/c1-10(11,12)9-7(6-13)4-3-5-8(9)14-2/h3-6H,1-2H3. The van der Waals surface area contributed by atoms with Gasteiger partial charge in [-0.15, -0.1) is 0 Å². The number of carbonyl (C=O) groups is 1. The molecule has 0 fully saturated rings. The fraction of sp³-hybridized carbons (Fsp3) is 0.300. The van der Waals surface area contributed by atoms with Crippen LogP contribution < -0.4 is 4.74 Å². The highest BCUT2D eigenvalue weighted by Crippen LogP contribution is 2.36. The van der Waals surface area contributed by atoms with Gasteiger partial charge in [-0.25, -0.2) is 8.78 Å². The Hall–Kier alpha value is -1.45. The summed E-state index contributed by atoms with van der Waals surface area (Å²) in [4.78, 5) is 10.6. The molecule has 0 aliphatic carbocycles. The van der Waals surface area contributed by atoms with E-state index >= 15 is 0 Å². The molecule has 4 heteroatoms. The summed E-state index contributed by atoms with van der Waals surface area (Å²) in [5.41, 5.74) is -0.408. The minimum Gasteiger partial charge on any atom is -0.496 e. The van der Waals surface area contributed by atoms with Gasteiger partial charge in [-0.05, 0) is 6.07 Å². The summed E-state index contributed by atoms with van der Waals surface area (Å²) in [5, 5.41) is 0. The third-order valence-corrected chi connectivity index (χ3v) is 1.84. The van der Waals surface area contributed by atoms with E-state index in [4.69, 9.17) is 4.74 Å². The van der Waals surface area contributed by atoms with Crippen LogP contribution in [0.4, 0.5) is 8.78 Å². The molecular weight excluding hydrogens is 190 g/mol. The normalized spacial score (nSPS) is 11.1. The Morgan fingerprint density at radius 2 is 2.07 bits per heavy atom. The van der Waals surface area contributed by atoms with Crippen LogP contribution in [0, 0.1) is 0 Å². The second-order valence-corrected chi connectivity index (χ2v) is 2.93. The van der Waals surface area contributed by atoms with Crippen LogP contribution in [-0.4, -0.2) is 13.4 Å². The Morgan fingerprint density at radius 3 is 2.50 bits per heavy atom. The van der Waals surface area contributed by atoms with Gasteiger partial charge in [0.05, 0.1) is 12.7 Å². The Morgan fingerprint density at radius 1 is 1.43 bits per heavy atom. The van der Waals surface area contributed by atoms with Gasteiger partial charge in [-0.2, -0.15) is 0 Å². The third kappa shape index (κ3) is 1.89. The minimum absolute atomic E-state index is 0.0297. The second-order valence-electron chi connectivity index (χ2n) is 2.93. The number of halogens is 2. The van der Waals surface area contributed by atoms with Crippen molar-refractivity contribution >= 4 is 6.29 Å². The first kappa shape index (κ1) is 10.6. The van der Waals surface area contributed by atoms with Crippen molar-refractivity contribution in [3.05, 3.63) is 29.3 Å². The lowest BCUT2D eigenvalue weighted by Crippen LogP contribution is -2.12. The number of methoxy groups -OCH3 is 1. The van der Waals surface area contributed by atoms with Crippen LogP contribution in [-0.2, 0) is 5.92 Å². The van der Waals surface area contributed by atoms with Gasteiger partial charge in [0.15, 0.2) is 6.29 Å². The number of benzene rings is 1. The zero-order valence-corrected chi connectivity index (χ0v) is 7.88. The zero-order valence-electron chi connectivity index (χ0n) is 7.88. The number of carbonyl (C=O) groups excluding carboxylic acids is 1. The van der Waals surface area contributed by atoms with Gasteiger partial charge < -0.3 is 4.74 Å². The molecule has 14 heavy (non-hydrogen) atoms. The molecule has 0 bridgehead atoms. The maximum absolute atomic E-state index is 13.1. The molecule has 0 unspecified atom stereocenters. The van der Waals surface area contributed by atoms with E-state index in [1.807, 2.05) is 0 Å². The average Bonchev–Trinajstić information content (AvgIpc) is 2.15. The summed E-state index contributed by atoms with van der Waals surface area (Å²) in [6, 6.07) is 4.24. The van der Waals surface area contributed by atoms with Crippen molar-refractivity contribution < 1.29 is 18.3 Å². The summed E-state index contributed by atoms with van der Waals surface area (Å²) in [5.74, 6) is -3.05. The molecule has 0 radical (unpaired) electrons. The first-order valence-corrected chi connectivity index (χ1v) is 4.01. The van der Waals surface area contributed by atoms with Crippen LogP contribution in [0.15, 0.2) is 18.2 Å². The first-order chi connectivity index (χ1) is 6.50. The molecule has 1 aromatic carbocycles. The Bertz CT molecular complexity index is 342. The molecule has 0 aliphatic heterocycles. The molecular formula is C10H10F2O2. The van der Waals surface area contributed by atoms with Crippen molar-refractivity contribution in [2.45, 2.75) is 12.8 Å². The SMILES string of the molecule is COc1cccc(C=O)c1C(C)(F)F. The van der Waals surface area contributed by atoms with Gasteiger partial charge in [-0.3, -0.25) is 4.79 Å². The third-order valence-electron chi connectivity index (χ3n) is 1.84. The summed E-state index contributed by atoms with van der Waals surface area (Å²) in [6.45, 7) is 0.734. The number of alkyl halides is 2. The van der Waals surface area contributed by atoms with E-state index in [2.05, 4.69) is 0 Å². The Balaban J connectivity index is 3.41. The molecule has 0 saturated heterocycles. The van der Waals surface area contributed by atoms with E-state index in [1.54, 1.807) is 0 Å². The number of aldehydes is 1. The molecule has 0 N–H and O–H groups in total. The fourth-order valence-corrected chi connectivity index (χ4v) is 1.29. The summed E-state index contributed by atoms with van der Waals surface area (Å²) in [6.07, 6.45) is 0.398. The van der Waals surface area contributed by atoms with E-state index < -0.39 is 5.92 Å². The monoisotopic (exact) mass is 200 g/mol. The van der Waals surface area contributed by atoms with Crippen LogP contribution in [0.3, 0.4) is 0 Å². The van der Waals surface area contributed by atoms with E-state index in [1.165, 1.54) is 25.3 Å². The van der Waals surface area contributed by atoms with Crippen LogP contribution in [0.25, 0.3) is 0 Å². The van der Waals surface area contributed by atoms with Gasteiger partial charge in [0.2, 0.25) is 0 Å². The molecule has 0 atom stereocenters. The fourth-order valence-electron chi connectivity index (χ4n) is 1.29. The number of hydrogen-bond donors (Lipinski definition) is 0. The van der Waals surface area contributed by atoms with Crippen molar-refractivity contribution in [1.82, 2.24) is 0 Å². The van der Waals surface area contributed by atoms with E-state index in [9.17, 15) is 13.6 Å². The lowest BCUT2D eigenvalue weighted by molar-refractivity contribution is 0.0143. The van der Waals surface area contributed by atoms with Gasteiger partial charge in [0.1, 0.15) is 5.75 Å². The van der Waals surface area contributed by atoms with E-state index in [-0.39, 0.29) is 16.9 Å². The molecule has 0 aromatic heterocycles. The smallest absolute Gasteiger partial charge is 0.274 e. The quantitative estimate of drug-likeness (QED) is 0.701. The van der Waals surface area contributed by atoms with Crippen molar-refractivity contribution in [2.75, 3.05) is 7.11 Å². The number of rotatable bonds is 3. The summed E-state index contributed by atoms with van der Waals surface area (Å²) >= 11 is 0. The van der Waals surface area contributed by atoms with E-state index in [0.717, 1.165) is 6.92 Å². The minimum atomic E-state index is -3.08. The highest BCUT2D eigenvalue weighted by atomic mass is 19.3. The number of hydrogen-bond acceptors (Lipinski definition) is 2. The topological polar surface area (TPSA) is 26.3 Å². The average molecular weight is 200 g/mol. The molecule has 2 nitrogen and oxygen atoms in total. The summed E-state index contributed by atoms with van der Waals surface area (Å²) < 4.78 is 31.0. The van der Waals surface area contributed by atoms with Crippen LogP contribution in [0.2, 0.25) is 0 Å². The first-order valence-electron chi connectivity index (χ1n) is 4.01. The largest absolute Gasteiger partial charge is 0.496 e. The highest BCUT2D eigenvalue weighted by molar-refractivity contribution is 5.79. The van der Waals surface area contributed by atoms with Gasteiger partial charge >= 0.3 is 0 Å². The molecule has 0 heterocycles. The second kappa shape index (κ2) is 3.74. The van der Waals surface area contributed by atoms with Gasteiger partial charge in [0, 0.05) is 12.5 Å². The van der Waals surface area contributed by atoms with Crippen molar-refractivity contribution in [3.8, 4) is 5.75 Å². The Labute approximate surface area is 80.5 Å². The van der Waals surface area contributed by atoms with Crippen molar-refractivity contribution in [3.63, 3.8) is 0 Å². The van der Waals surface area contributed by atoms with Crippen LogP contribution in [0.5, 0.6) is 5.75 Å². The van der Waals surface area contributed by atoms with Crippen molar-refractivity contribution in [2.24, 2.45) is 0 Å². The summed E-state index contributed by atoms with van der Waals surface area (Å²) in [7, 11) is 1.29. The lowest BCUT2D eigenvalue weighted by Gasteiger charge is -2.16. The van der Waals surface area contributed by atoms with Gasteiger partial charge in [-0.1, -0.05) is 12.1 Å². The lowest BCUT2D eigenvalue weighted by atomic mass is 10.0. The molecule has 0 saturated carbocycles.